The molecule has 0 aromatic carbocycles. The number of hydrogen-bond donors (Lipinski definition) is 3. The molecule has 0 bridgehead atoms. The topological polar surface area (TPSA) is 91.0 Å². The van der Waals surface area contributed by atoms with Crippen LogP contribution in [0.25, 0.3) is 0 Å². The van der Waals surface area contributed by atoms with E-state index in [9.17, 15) is 4.79 Å². The van der Waals surface area contributed by atoms with E-state index in [1.54, 1.807) is 0 Å². The van der Waals surface area contributed by atoms with Gasteiger partial charge in [-0.1, -0.05) is 38.3 Å². The standard InChI is InChI=1S/C15H30N4O2/c1-3-19(4-2)12-8-11-17-14(20)15(13(16)18-21)9-6-5-7-10-15/h21H,3-12H2,1-2H3,(H2,16,18)(H,17,20). The Bertz CT molecular complexity index is 348. The van der Waals surface area contributed by atoms with Gasteiger partial charge in [0, 0.05) is 6.54 Å². The Morgan fingerprint density at radius 1 is 1.29 bits per heavy atom. The zero-order chi connectivity index (χ0) is 15.7. The van der Waals surface area contributed by atoms with Crippen molar-refractivity contribution in [1.82, 2.24) is 10.2 Å². The molecule has 0 aromatic rings. The Morgan fingerprint density at radius 3 is 2.43 bits per heavy atom. The van der Waals surface area contributed by atoms with Crippen LogP contribution in [0.15, 0.2) is 5.16 Å². The van der Waals surface area contributed by atoms with Crippen LogP contribution in [0.1, 0.15) is 52.4 Å². The Labute approximate surface area is 127 Å². The van der Waals surface area contributed by atoms with E-state index < -0.39 is 5.41 Å². The van der Waals surface area contributed by atoms with E-state index in [4.69, 9.17) is 10.9 Å². The second-order valence-electron chi connectivity index (χ2n) is 5.76. The second kappa shape index (κ2) is 8.87. The highest BCUT2D eigenvalue weighted by atomic mass is 16.4. The molecule has 0 atom stereocenters. The van der Waals surface area contributed by atoms with Crippen molar-refractivity contribution in [3.05, 3.63) is 0 Å². The van der Waals surface area contributed by atoms with Crippen LogP contribution < -0.4 is 11.1 Å². The SMILES string of the molecule is CCN(CC)CCCNC(=O)C1(C(N)=NO)CCCCC1. The molecule has 0 saturated heterocycles. The fourth-order valence-corrected chi connectivity index (χ4v) is 3.06. The smallest absolute Gasteiger partial charge is 0.233 e. The molecule has 4 N–H and O–H groups in total. The van der Waals surface area contributed by atoms with Crippen molar-refractivity contribution in [1.29, 1.82) is 0 Å². The summed E-state index contributed by atoms with van der Waals surface area (Å²) in [4.78, 5) is 14.8. The lowest BCUT2D eigenvalue weighted by Crippen LogP contribution is -2.51. The van der Waals surface area contributed by atoms with Gasteiger partial charge in [-0.15, -0.1) is 0 Å². The van der Waals surface area contributed by atoms with Gasteiger partial charge in [0.2, 0.25) is 5.91 Å². The monoisotopic (exact) mass is 298 g/mol. The van der Waals surface area contributed by atoms with Crippen molar-refractivity contribution in [3.63, 3.8) is 0 Å². The van der Waals surface area contributed by atoms with Crippen LogP contribution in [0.4, 0.5) is 0 Å². The van der Waals surface area contributed by atoms with Crippen LogP contribution in [0.3, 0.4) is 0 Å². The molecule has 1 aliphatic carbocycles. The van der Waals surface area contributed by atoms with Crippen molar-refractivity contribution in [2.24, 2.45) is 16.3 Å². The minimum absolute atomic E-state index is 0.0587. The first-order valence-electron chi connectivity index (χ1n) is 8.09. The van der Waals surface area contributed by atoms with Crippen LogP contribution in [0.5, 0.6) is 0 Å². The summed E-state index contributed by atoms with van der Waals surface area (Å²) in [6.07, 6.45) is 5.26. The number of carbonyl (C=O) groups is 1. The molecule has 0 unspecified atom stereocenters. The summed E-state index contributed by atoms with van der Waals surface area (Å²) in [5.74, 6) is -0.0273. The average molecular weight is 298 g/mol. The van der Waals surface area contributed by atoms with Gasteiger partial charge in [-0.25, -0.2) is 0 Å². The lowest BCUT2D eigenvalue weighted by Gasteiger charge is -2.34. The first-order valence-corrected chi connectivity index (χ1v) is 8.09. The summed E-state index contributed by atoms with van der Waals surface area (Å²) in [7, 11) is 0. The van der Waals surface area contributed by atoms with E-state index in [1.807, 2.05) is 0 Å². The first-order chi connectivity index (χ1) is 10.1. The Balaban J connectivity index is 2.50. The van der Waals surface area contributed by atoms with E-state index in [0.29, 0.717) is 19.4 Å². The zero-order valence-electron chi connectivity index (χ0n) is 13.4. The highest BCUT2D eigenvalue weighted by molar-refractivity contribution is 6.06. The van der Waals surface area contributed by atoms with Crippen molar-refractivity contribution in [3.8, 4) is 0 Å². The minimum Gasteiger partial charge on any atom is -0.409 e. The normalized spacial score (nSPS) is 18.7. The molecular formula is C15H30N4O2. The van der Waals surface area contributed by atoms with Gasteiger partial charge in [-0.2, -0.15) is 0 Å². The highest BCUT2D eigenvalue weighted by Gasteiger charge is 2.43. The third kappa shape index (κ3) is 4.59. The first kappa shape index (κ1) is 17.8. The predicted octanol–water partition coefficient (Wildman–Crippen LogP) is 1.53. The fourth-order valence-electron chi connectivity index (χ4n) is 3.06. The lowest BCUT2D eigenvalue weighted by atomic mass is 9.72. The molecule has 21 heavy (non-hydrogen) atoms. The molecule has 1 saturated carbocycles. The predicted molar refractivity (Wildman–Crippen MR) is 84.3 cm³/mol. The quantitative estimate of drug-likeness (QED) is 0.208. The highest BCUT2D eigenvalue weighted by Crippen LogP contribution is 2.36. The number of amidine groups is 1. The van der Waals surface area contributed by atoms with E-state index in [0.717, 1.165) is 45.3 Å². The molecule has 1 amide bonds. The Morgan fingerprint density at radius 2 is 1.90 bits per heavy atom. The second-order valence-corrected chi connectivity index (χ2v) is 5.76. The van der Waals surface area contributed by atoms with Crippen LogP contribution in [-0.4, -0.2) is 48.0 Å². The largest absolute Gasteiger partial charge is 0.409 e. The maximum atomic E-state index is 12.5. The van der Waals surface area contributed by atoms with Gasteiger partial charge in [0.15, 0.2) is 5.84 Å². The average Bonchev–Trinajstić information content (AvgIpc) is 2.54. The summed E-state index contributed by atoms with van der Waals surface area (Å²) < 4.78 is 0. The van der Waals surface area contributed by atoms with E-state index in [1.165, 1.54) is 0 Å². The molecule has 6 nitrogen and oxygen atoms in total. The van der Waals surface area contributed by atoms with Crippen molar-refractivity contribution < 1.29 is 10.0 Å². The third-order valence-corrected chi connectivity index (χ3v) is 4.57. The number of carbonyl (C=O) groups excluding carboxylic acids is 1. The third-order valence-electron chi connectivity index (χ3n) is 4.57. The molecule has 122 valence electrons. The molecule has 0 aromatic heterocycles. The summed E-state index contributed by atoms with van der Waals surface area (Å²) >= 11 is 0. The van der Waals surface area contributed by atoms with Crippen LogP contribution in [-0.2, 0) is 4.79 Å². The van der Waals surface area contributed by atoms with Gasteiger partial charge in [0.1, 0.15) is 5.41 Å². The van der Waals surface area contributed by atoms with Crippen molar-refractivity contribution in [2.75, 3.05) is 26.2 Å². The molecule has 0 radical (unpaired) electrons. The van der Waals surface area contributed by atoms with E-state index >= 15 is 0 Å². The van der Waals surface area contributed by atoms with E-state index in [2.05, 4.69) is 29.2 Å². The van der Waals surface area contributed by atoms with Crippen LogP contribution >= 0.6 is 0 Å². The molecule has 1 fully saturated rings. The number of nitrogens with zero attached hydrogens (tertiary/aromatic N) is 2. The van der Waals surface area contributed by atoms with Crippen LogP contribution in [0.2, 0.25) is 0 Å². The van der Waals surface area contributed by atoms with Crippen molar-refractivity contribution in [2.45, 2.75) is 52.4 Å². The summed E-state index contributed by atoms with van der Waals surface area (Å²) in [6, 6.07) is 0. The number of rotatable bonds is 8. The number of oxime groups is 1. The van der Waals surface area contributed by atoms with Gasteiger partial charge in [-0.3, -0.25) is 4.79 Å². The molecule has 1 aliphatic rings. The van der Waals surface area contributed by atoms with Crippen molar-refractivity contribution >= 4 is 11.7 Å². The zero-order valence-corrected chi connectivity index (χ0v) is 13.4. The molecule has 6 heteroatoms. The van der Waals surface area contributed by atoms with Gasteiger partial charge in [-0.05, 0) is 38.9 Å². The van der Waals surface area contributed by atoms with Gasteiger partial charge in [0.05, 0.1) is 0 Å². The maximum absolute atomic E-state index is 12.5. The number of amides is 1. The lowest BCUT2D eigenvalue weighted by molar-refractivity contribution is -0.129. The van der Waals surface area contributed by atoms with Crippen LogP contribution in [0, 0.1) is 5.41 Å². The van der Waals surface area contributed by atoms with E-state index in [-0.39, 0.29) is 11.7 Å². The minimum atomic E-state index is -0.803. The Kier molecular flexibility index (Phi) is 7.50. The number of nitrogens with one attached hydrogen (secondary N) is 1. The van der Waals surface area contributed by atoms with Gasteiger partial charge in [0.25, 0.3) is 0 Å². The molecule has 0 heterocycles. The molecule has 0 spiro atoms. The summed E-state index contributed by atoms with van der Waals surface area (Å²) in [6.45, 7) is 7.94. The van der Waals surface area contributed by atoms with Gasteiger partial charge >= 0.3 is 0 Å². The summed E-state index contributed by atoms with van der Waals surface area (Å²) in [5.41, 5.74) is 5.01. The maximum Gasteiger partial charge on any atom is 0.233 e. The Hall–Kier alpha value is -1.30. The number of hydrogen-bond acceptors (Lipinski definition) is 4. The molecular weight excluding hydrogens is 268 g/mol. The van der Waals surface area contributed by atoms with Gasteiger partial charge < -0.3 is 21.2 Å². The summed E-state index contributed by atoms with van der Waals surface area (Å²) in [5, 5.41) is 15.1. The number of nitrogens with two attached hydrogens (primary N) is 1. The fraction of sp³-hybridized carbons (Fsp3) is 0.867. The molecule has 1 rings (SSSR count). The molecule has 0 aliphatic heterocycles.